The van der Waals surface area contributed by atoms with Gasteiger partial charge in [-0.15, -0.1) is 0 Å². The average Bonchev–Trinajstić information content (AvgIpc) is 3.11. The molecule has 0 aliphatic carbocycles. The normalized spacial score (nSPS) is 16.0. The van der Waals surface area contributed by atoms with Crippen LogP contribution < -0.4 is 9.47 Å². The van der Waals surface area contributed by atoms with Crippen molar-refractivity contribution in [1.29, 1.82) is 0 Å². The highest BCUT2D eigenvalue weighted by atomic mass is 16.6. The summed E-state index contributed by atoms with van der Waals surface area (Å²) in [6, 6.07) is 13.6. The molecule has 1 unspecified atom stereocenters. The number of ether oxygens (including phenoxy) is 3. The van der Waals surface area contributed by atoms with Crippen molar-refractivity contribution in [2.24, 2.45) is 0 Å². The third kappa shape index (κ3) is 3.05. The maximum absolute atomic E-state index is 12.7. The number of aromatic amines is 1. The van der Waals surface area contributed by atoms with E-state index >= 15 is 0 Å². The lowest BCUT2D eigenvalue weighted by Gasteiger charge is -2.35. The number of rotatable bonds is 4. The molecule has 1 aliphatic heterocycles. The Bertz CT molecular complexity index is 994. The number of methoxy groups -OCH3 is 2. The van der Waals surface area contributed by atoms with Crippen molar-refractivity contribution in [2.75, 3.05) is 27.4 Å². The van der Waals surface area contributed by atoms with Gasteiger partial charge in [0.15, 0.2) is 0 Å². The molecule has 0 spiro atoms. The third-order valence-corrected chi connectivity index (χ3v) is 5.27. The highest BCUT2D eigenvalue weighted by molar-refractivity contribution is 5.87. The van der Waals surface area contributed by atoms with Crippen molar-refractivity contribution in [2.45, 2.75) is 19.4 Å². The van der Waals surface area contributed by atoms with E-state index in [9.17, 15) is 4.79 Å². The molecule has 1 amide bonds. The largest absolute Gasteiger partial charge is 0.497 e. The number of nitrogens with one attached hydrogen (secondary N) is 1. The summed E-state index contributed by atoms with van der Waals surface area (Å²) in [6.45, 7) is 2.76. The fourth-order valence-corrected chi connectivity index (χ4v) is 3.93. The van der Waals surface area contributed by atoms with Crippen molar-refractivity contribution in [3.05, 3.63) is 59.3 Å². The molecule has 0 saturated heterocycles. The molecule has 6 heteroatoms. The van der Waals surface area contributed by atoms with Crippen LogP contribution in [0, 0.1) is 0 Å². The number of carbonyl (C=O) groups excluding carboxylic acids is 1. The Morgan fingerprint density at radius 3 is 2.50 bits per heavy atom. The molecule has 1 N–H and O–H groups in total. The fraction of sp³-hybridized carbons (Fsp3) is 0.318. The summed E-state index contributed by atoms with van der Waals surface area (Å²) in [4.78, 5) is 18.0. The van der Waals surface area contributed by atoms with E-state index in [1.54, 1.807) is 19.1 Å². The second-order valence-electron chi connectivity index (χ2n) is 6.75. The molecule has 1 aliphatic rings. The molecular weight excluding hydrogens is 356 g/mol. The highest BCUT2D eigenvalue weighted by Crippen LogP contribution is 2.40. The predicted molar refractivity (Wildman–Crippen MR) is 107 cm³/mol. The van der Waals surface area contributed by atoms with E-state index in [1.807, 2.05) is 43.3 Å². The van der Waals surface area contributed by atoms with Crippen molar-refractivity contribution in [3.63, 3.8) is 0 Å². The lowest BCUT2D eigenvalue weighted by Crippen LogP contribution is -2.40. The van der Waals surface area contributed by atoms with Crippen LogP contribution in [0.5, 0.6) is 11.5 Å². The number of hydrogen-bond donors (Lipinski definition) is 1. The van der Waals surface area contributed by atoms with Gasteiger partial charge in [-0.05, 0) is 54.8 Å². The zero-order chi connectivity index (χ0) is 19.7. The van der Waals surface area contributed by atoms with E-state index in [2.05, 4.69) is 11.1 Å². The first-order chi connectivity index (χ1) is 13.7. The zero-order valence-electron chi connectivity index (χ0n) is 16.3. The van der Waals surface area contributed by atoms with Gasteiger partial charge < -0.3 is 19.2 Å². The molecule has 1 atom stereocenters. The van der Waals surface area contributed by atoms with E-state index in [-0.39, 0.29) is 12.1 Å². The second kappa shape index (κ2) is 7.46. The first-order valence-electron chi connectivity index (χ1n) is 9.42. The Labute approximate surface area is 164 Å². The second-order valence-corrected chi connectivity index (χ2v) is 6.75. The maximum Gasteiger partial charge on any atom is 0.410 e. The molecule has 0 radical (unpaired) electrons. The van der Waals surface area contributed by atoms with Gasteiger partial charge in [0.1, 0.15) is 17.5 Å². The van der Waals surface area contributed by atoms with Gasteiger partial charge in [-0.3, -0.25) is 4.90 Å². The van der Waals surface area contributed by atoms with Crippen molar-refractivity contribution in [1.82, 2.24) is 9.88 Å². The maximum atomic E-state index is 12.7. The summed E-state index contributed by atoms with van der Waals surface area (Å²) in [5.74, 6) is 1.60. The Hall–Kier alpha value is -3.15. The minimum atomic E-state index is -0.301. The van der Waals surface area contributed by atoms with E-state index in [1.165, 1.54) is 5.56 Å². The molecule has 6 nitrogen and oxygen atoms in total. The molecule has 0 bridgehead atoms. The summed E-state index contributed by atoms with van der Waals surface area (Å²) >= 11 is 0. The van der Waals surface area contributed by atoms with Crippen molar-refractivity contribution < 1.29 is 19.0 Å². The van der Waals surface area contributed by atoms with Crippen LogP contribution in [0.1, 0.15) is 29.8 Å². The van der Waals surface area contributed by atoms with E-state index in [4.69, 9.17) is 14.2 Å². The molecule has 0 saturated carbocycles. The van der Waals surface area contributed by atoms with Gasteiger partial charge in [0.05, 0.1) is 20.8 Å². The van der Waals surface area contributed by atoms with E-state index in [0.717, 1.165) is 40.1 Å². The first-order valence-corrected chi connectivity index (χ1v) is 9.42. The fourth-order valence-electron chi connectivity index (χ4n) is 3.93. The number of hydrogen-bond acceptors (Lipinski definition) is 4. The number of nitrogens with zero attached hydrogens (tertiary/aromatic N) is 1. The zero-order valence-corrected chi connectivity index (χ0v) is 16.3. The molecular formula is C22H24N2O4. The Morgan fingerprint density at radius 2 is 1.82 bits per heavy atom. The summed E-state index contributed by atoms with van der Waals surface area (Å²) in [6.07, 6.45) is 0.457. The first kappa shape index (κ1) is 18.2. The number of benzene rings is 2. The minimum Gasteiger partial charge on any atom is -0.497 e. The van der Waals surface area contributed by atoms with Crippen molar-refractivity contribution in [3.8, 4) is 11.5 Å². The lowest BCUT2D eigenvalue weighted by atomic mass is 9.92. The quantitative estimate of drug-likeness (QED) is 0.733. The molecule has 0 fully saturated rings. The summed E-state index contributed by atoms with van der Waals surface area (Å²) in [7, 11) is 3.31. The van der Waals surface area contributed by atoms with Crippen LogP contribution >= 0.6 is 0 Å². The molecule has 3 aromatic rings. The molecule has 2 heterocycles. The summed E-state index contributed by atoms with van der Waals surface area (Å²) < 4.78 is 16.0. The topological polar surface area (TPSA) is 63.8 Å². The van der Waals surface area contributed by atoms with Crippen LogP contribution in [0.3, 0.4) is 0 Å². The number of aromatic nitrogens is 1. The summed E-state index contributed by atoms with van der Waals surface area (Å²) in [5, 5.41) is 1.14. The van der Waals surface area contributed by atoms with Crippen LogP contribution in [0.2, 0.25) is 0 Å². The number of fused-ring (bicyclic) bond motifs is 3. The predicted octanol–water partition coefficient (Wildman–Crippen LogP) is 4.29. The molecule has 1 aromatic heterocycles. The average molecular weight is 380 g/mol. The Morgan fingerprint density at radius 1 is 1.11 bits per heavy atom. The molecule has 28 heavy (non-hydrogen) atoms. The SMILES string of the molecule is CCOC(=O)N1CCc2c([nH]c3ccc(OC)cc23)C1c1ccc(OC)cc1. The van der Waals surface area contributed by atoms with Crippen LogP contribution in [-0.2, 0) is 11.2 Å². The molecule has 146 valence electrons. The standard InChI is InChI=1S/C22H24N2O4/c1-4-28-22(25)24-12-11-17-18-13-16(27-3)9-10-19(18)23-20(17)21(24)14-5-7-15(26-2)8-6-14/h5-10,13,21,23H,4,11-12H2,1-3H3. The monoisotopic (exact) mass is 380 g/mol. The van der Waals surface area contributed by atoms with Gasteiger partial charge in [0, 0.05) is 23.1 Å². The smallest absolute Gasteiger partial charge is 0.410 e. The highest BCUT2D eigenvalue weighted by Gasteiger charge is 2.35. The van der Waals surface area contributed by atoms with Gasteiger partial charge in [-0.1, -0.05) is 12.1 Å². The van der Waals surface area contributed by atoms with Gasteiger partial charge in [0.25, 0.3) is 0 Å². The number of H-pyrrole nitrogens is 1. The van der Waals surface area contributed by atoms with Crippen molar-refractivity contribution >= 4 is 17.0 Å². The molecule has 2 aromatic carbocycles. The lowest BCUT2D eigenvalue weighted by molar-refractivity contribution is 0.0932. The Kier molecular flexibility index (Phi) is 4.86. The number of carbonyl (C=O) groups is 1. The van der Waals surface area contributed by atoms with Gasteiger partial charge >= 0.3 is 6.09 Å². The van der Waals surface area contributed by atoms with Crippen LogP contribution in [-0.4, -0.2) is 43.3 Å². The van der Waals surface area contributed by atoms with E-state index in [0.29, 0.717) is 13.2 Å². The van der Waals surface area contributed by atoms with Gasteiger partial charge in [-0.2, -0.15) is 0 Å². The Balaban J connectivity index is 1.85. The van der Waals surface area contributed by atoms with Gasteiger partial charge in [0.2, 0.25) is 0 Å². The third-order valence-electron chi connectivity index (χ3n) is 5.27. The van der Waals surface area contributed by atoms with Crippen LogP contribution in [0.15, 0.2) is 42.5 Å². The van der Waals surface area contributed by atoms with E-state index < -0.39 is 0 Å². The van der Waals surface area contributed by atoms with Gasteiger partial charge in [-0.25, -0.2) is 4.79 Å². The number of amides is 1. The van der Waals surface area contributed by atoms with Crippen LogP contribution in [0.25, 0.3) is 10.9 Å². The molecule has 4 rings (SSSR count). The summed E-state index contributed by atoms with van der Waals surface area (Å²) in [5.41, 5.74) is 4.28. The minimum absolute atomic E-state index is 0.243. The van der Waals surface area contributed by atoms with Crippen LogP contribution in [0.4, 0.5) is 4.79 Å².